The maximum absolute atomic E-state index is 11.8. The predicted octanol–water partition coefficient (Wildman–Crippen LogP) is 3.39. The minimum Gasteiger partial charge on any atom is -0.454 e. The summed E-state index contributed by atoms with van der Waals surface area (Å²) in [6.45, 7) is 2.12. The van der Waals surface area contributed by atoms with Crippen LogP contribution < -0.4 is 9.47 Å². The molecule has 1 aromatic rings. The number of nitrogens with zero attached hydrogens (tertiary/aromatic N) is 1. The summed E-state index contributed by atoms with van der Waals surface area (Å²) in [7, 11) is 0. The van der Waals surface area contributed by atoms with Crippen molar-refractivity contribution in [2.24, 2.45) is 0 Å². The zero-order valence-corrected chi connectivity index (χ0v) is 12.7. The van der Waals surface area contributed by atoms with Gasteiger partial charge in [0.2, 0.25) is 12.7 Å². The molecule has 0 aliphatic carbocycles. The zero-order valence-electron chi connectivity index (χ0n) is 12.7. The Morgan fingerprint density at radius 1 is 1.09 bits per heavy atom. The molecule has 3 rings (SSSR count). The molecule has 1 aromatic carbocycles. The lowest BCUT2D eigenvalue weighted by atomic mass is 10.1. The molecule has 0 N–H and O–H groups in total. The minimum atomic E-state index is 0.150. The maximum atomic E-state index is 11.8. The lowest BCUT2D eigenvalue weighted by molar-refractivity contribution is -0.125. The molecule has 1 fully saturated rings. The first-order chi connectivity index (χ1) is 10.8. The first kappa shape index (κ1) is 14.7. The summed E-state index contributed by atoms with van der Waals surface area (Å²) in [4.78, 5) is 13.7. The van der Waals surface area contributed by atoms with Crippen molar-refractivity contribution in [3.05, 3.63) is 42.0 Å². The number of amides is 1. The van der Waals surface area contributed by atoms with E-state index in [-0.39, 0.29) is 5.91 Å². The van der Waals surface area contributed by atoms with Crippen LogP contribution in [0, 0.1) is 0 Å². The number of carbonyl (C=O) groups is 1. The fourth-order valence-electron chi connectivity index (χ4n) is 2.66. The van der Waals surface area contributed by atoms with E-state index < -0.39 is 0 Å². The lowest BCUT2D eigenvalue weighted by Crippen LogP contribution is -2.25. The van der Waals surface area contributed by atoms with Crippen molar-refractivity contribution in [2.45, 2.75) is 25.7 Å². The van der Waals surface area contributed by atoms with Gasteiger partial charge in [0.15, 0.2) is 11.5 Å². The standard InChI is InChI=1S/C18H21NO3/c20-18(19-11-5-6-12-19)8-4-2-1-3-7-15-9-10-16-17(13-15)22-14-21-16/h3-4,7-10,13H,1-2,5-6,11-12,14H2/b7-3-,8-4+. The van der Waals surface area contributed by atoms with Crippen molar-refractivity contribution >= 4 is 12.0 Å². The minimum absolute atomic E-state index is 0.150. The van der Waals surface area contributed by atoms with Gasteiger partial charge in [-0.25, -0.2) is 0 Å². The van der Waals surface area contributed by atoms with E-state index in [9.17, 15) is 4.79 Å². The molecule has 1 saturated heterocycles. The van der Waals surface area contributed by atoms with E-state index in [0.29, 0.717) is 6.79 Å². The number of allylic oxidation sites excluding steroid dienone is 2. The Balaban J connectivity index is 1.42. The summed E-state index contributed by atoms with van der Waals surface area (Å²) in [5.74, 6) is 1.76. The Morgan fingerprint density at radius 2 is 1.86 bits per heavy atom. The molecule has 2 heterocycles. The van der Waals surface area contributed by atoms with Gasteiger partial charge in [-0.2, -0.15) is 0 Å². The first-order valence-electron chi connectivity index (χ1n) is 7.84. The molecule has 2 aliphatic rings. The van der Waals surface area contributed by atoms with Gasteiger partial charge in [0.25, 0.3) is 0 Å². The number of carbonyl (C=O) groups excluding carboxylic acids is 1. The Kier molecular flexibility index (Phi) is 4.78. The maximum Gasteiger partial charge on any atom is 0.246 e. The summed E-state index contributed by atoms with van der Waals surface area (Å²) in [6.07, 6.45) is 11.9. The Hall–Kier alpha value is -2.23. The molecular weight excluding hydrogens is 278 g/mol. The van der Waals surface area contributed by atoms with Crippen molar-refractivity contribution in [3.63, 3.8) is 0 Å². The quantitative estimate of drug-likeness (QED) is 0.618. The molecule has 4 nitrogen and oxygen atoms in total. The SMILES string of the molecule is O=C(/C=C/CC/C=C\c1ccc2c(c1)OCO2)N1CCCC1. The van der Waals surface area contributed by atoms with Crippen molar-refractivity contribution in [3.8, 4) is 11.5 Å². The molecule has 0 atom stereocenters. The molecule has 116 valence electrons. The van der Waals surface area contributed by atoms with E-state index in [1.165, 1.54) is 0 Å². The number of unbranched alkanes of at least 4 members (excludes halogenated alkanes) is 1. The summed E-state index contributed by atoms with van der Waals surface area (Å²) in [5.41, 5.74) is 1.10. The first-order valence-corrected chi connectivity index (χ1v) is 7.84. The van der Waals surface area contributed by atoms with Gasteiger partial charge in [-0.05, 0) is 49.5 Å². The topological polar surface area (TPSA) is 38.8 Å². The lowest BCUT2D eigenvalue weighted by Gasteiger charge is -2.11. The molecule has 0 bridgehead atoms. The van der Waals surface area contributed by atoms with Crippen LogP contribution >= 0.6 is 0 Å². The van der Waals surface area contributed by atoms with Gasteiger partial charge in [0.1, 0.15) is 0 Å². The Morgan fingerprint density at radius 3 is 2.73 bits per heavy atom. The summed E-state index contributed by atoms with van der Waals surface area (Å²) >= 11 is 0. The zero-order chi connectivity index (χ0) is 15.2. The van der Waals surface area contributed by atoms with E-state index in [0.717, 1.165) is 55.8 Å². The van der Waals surface area contributed by atoms with Crippen LogP contribution in [0.3, 0.4) is 0 Å². The van der Waals surface area contributed by atoms with E-state index in [1.807, 2.05) is 29.2 Å². The summed E-state index contributed by atoms with van der Waals surface area (Å²) < 4.78 is 10.6. The number of hydrogen-bond donors (Lipinski definition) is 0. The fraction of sp³-hybridized carbons (Fsp3) is 0.389. The van der Waals surface area contributed by atoms with E-state index in [1.54, 1.807) is 6.08 Å². The third-order valence-corrected chi connectivity index (χ3v) is 3.89. The van der Waals surface area contributed by atoms with Crippen molar-refractivity contribution < 1.29 is 14.3 Å². The van der Waals surface area contributed by atoms with Crippen LogP contribution in [0.15, 0.2) is 36.4 Å². The van der Waals surface area contributed by atoms with Crippen LogP contribution in [0.25, 0.3) is 6.08 Å². The van der Waals surface area contributed by atoms with Gasteiger partial charge in [-0.3, -0.25) is 4.79 Å². The van der Waals surface area contributed by atoms with Gasteiger partial charge in [-0.1, -0.05) is 24.3 Å². The van der Waals surface area contributed by atoms with Crippen molar-refractivity contribution in [1.82, 2.24) is 4.90 Å². The van der Waals surface area contributed by atoms with E-state index >= 15 is 0 Å². The predicted molar refractivity (Wildman–Crippen MR) is 85.8 cm³/mol. The van der Waals surface area contributed by atoms with Crippen LogP contribution in [0.4, 0.5) is 0 Å². The number of hydrogen-bond acceptors (Lipinski definition) is 3. The third kappa shape index (κ3) is 3.70. The van der Waals surface area contributed by atoms with Crippen LogP contribution in [-0.2, 0) is 4.79 Å². The second-order valence-electron chi connectivity index (χ2n) is 5.53. The van der Waals surface area contributed by atoms with Crippen LogP contribution in [-0.4, -0.2) is 30.7 Å². The van der Waals surface area contributed by atoms with E-state index in [4.69, 9.17) is 9.47 Å². The average molecular weight is 299 g/mol. The smallest absolute Gasteiger partial charge is 0.246 e. The summed E-state index contributed by atoms with van der Waals surface area (Å²) in [5, 5.41) is 0. The largest absolute Gasteiger partial charge is 0.454 e. The van der Waals surface area contributed by atoms with Crippen LogP contribution in [0.2, 0.25) is 0 Å². The monoisotopic (exact) mass is 299 g/mol. The molecule has 0 saturated carbocycles. The van der Waals surface area contributed by atoms with Crippen LogP contribution in [0.1, 0.15) is 31.2 Å². The van der Waals surface area contributed by atoms with Crippen LogP contribution in [0.5, 0.6) is 11.5 Å². The number of likely N-dealkylation sites (tertiary alicyclic amines) is 1. The molecule has 22 heavy (non-hydrogen) atoms. The Bertz CT molecular complexity index is 586. The molecular formula is C18H21NO3. The molecule has 0 spiro atoms. The third-order valence-electron chi connectivity index (χ3n) is 3.89. The second-order valence-corrected chi connectivity index (χ2v) is 5.53. The average Bonchev–Trinajstić information content (AvgIpc) is 3.20. The highest BCUT2D eigenvalue weighted by Gasteiger charge is 2.14. The Labute approximate surface area is 131 Å². The molecule has 0 aromatic heterocycles. The van der Waals surface area contributed by atoms with E-state index in [2.05, 4.69) is 12.2 Å². The van der Waals surface area contributed by atoms with Crippen molar-refractivity contribution in [2.75, 3.05) is 19.9 Å². The van der Waals surface area contributed by atoms with Gasteiger partial charge in [0.05, 0.1) is 0 Å². The van der Waals surface area contributed by atoms with Gasteiger partial charge >= 0.3 is 0 Å². The molecule has 0 radical (unpaired) electrons. The molecule has 1 amide bonds. The fourth-order valence-corrected chi connectivity index (χ4v) is 2.66. The molecule has 0 unspecified atom stereocenters. The van der Waals surface area contributed by atoms with Gasteiger partial charge in [0, 0.05) is 13.1 Å². The number of fused-ring (bicyclic) bond motifs is 1. The number of ether oxygens (including phenoxy) is 2. The molecule has 2 aliphatic heterocycles. The highest BCUT2D eigenvalue weighted by Crippen LogP contribution is 2.32. The van der Waals surface area contributed by atoms with Gasteiger partial charge < -0.3 is 14.4 Å². The number of benzene rings is 1. The normalized spacial score (nSPS) is 17.0. The number of rotatable bonds is 5. The highest BCUT2D eigenvalue weighted by atomic mass is 16.7. The molecule has 4 heteroatoms. The summed E-state index contributed by atoms with van der Waals surface area (Å²) in [6, 6.07) is 5.92. The van der Waals surface area contributed by atoms with Gasteiger partial charge in [-0.15, -0.1) is 0 Å². The second kappa shape index (κ2) is 7.16. The highest BCUT2D eigenvalue weighted by molar-refractivity contribution is 5.87. The van der Waals surface area contributed by atoms with Crippen molar-refractivity contribution in [1.29, 1.82) is 0 Å².